The Labute approximate surface area is 171 Å². The van der Waals surface area contributed by atoms with Crippen LogP contribution in [0.3, 0.4) is 0 Å². The zero-order valence-corrected chi connectivity index (χ0v) is 17.1. The minimum atomic E-state index is 0.00397. The Balaban J connectivity index is 1.85. The van der Waals surface area contributed by atoms with Crippen LogP contribution >= 0.6 is 11.8 Å². The monoisotopic (exact) mass is 391 g/mol. The number of rotatable bonds is 7. The number of para-hydroxylation sites is 1. The molecule has 0 aromatic heterocycles. The SMILES string of the molecule is CCN(CC)CN1C(=O)/C(=C/C=C/c2ccccc2)SC1=Nc1ccccc1. The number of carbonyl (C=O) groups is 1. The molecule has 5 heteroatoms. The van der Waals surface area contributed by atoms with Crippen molar-refractivity contribution < 1.29 is 4.79 Å². The average Bonchev–Trinajstić information content (AvgIpc) is 3.02. The lowest BCUT2D eigenvalue weighted by molar-refractivity contribution is -0.123. The highest BCUT2D eigenvalue weighted by molar-refractivity contribution is 8.18. The van der Waals surface area contributed by atoms with Crippen LogP contribution in [0.2, 0.25) is 0 Å². The first-order valence-corrected chi connectivity index (χ1v) is 10.3. The average molecular weight is 392 g/mol. The number of amides is 1. The maximum absolute atomic E-state index is 13.0. The molecule has 2 aromatic carbocycles. The molecule has 1 amide bonds. The molecule has 1 aliphatic heterocycles. The molecule has 4 nitrogen and oxygen atoms in total. The van der Waals surface area contributed by atoms with Gasteiger partial charge in [0.15, 0.2) is 5.17 Å². The summed E-state index contributed by atoms with van der Waals surface area (Å²) < 4.78 is 0. The van der Waals surface area contributed by atoms with Crippen molar-refractivity contribution in [1.29, 1.82) is 0 Å². The quantitative estimate of drug-likeness (QED) is 0.613. The zero-order valence-electron chi connectivity index (χ0n) is 16.3. The number of carbonyl (C=O) groups excluding carboxylic acids is 1. The smallest absolute Gasteiger partial charge is 0.267 e. The van der Waals surface area contributed by atoms with Crippen LogP contribution in [-0.4, -0.2) is 40.6 Å². The van der Waals surface area contributed by atoms with E-state index in [1.54, 1.807) is 4.90 Å². The van der Waals surface area contributed by atoms with Gasteiger partial charge in [-0.25, -0.2) is 4.99 Å². The number of hydrogen-bond donors (Lipinski definition) is 0. The van der Waals surface area contributed by atoms with E-state index in [2.05, 4.69) is 18.7 Å². The fourth-order valence-corrected chi connectivity index (χ4v) is 3.72. The summed E-state index contributed by atoms with van der Waals surface area (Å²) in [5.41, 5.74) is 1.95. The molecule has 0 saturated carbocycles. The van der Waals surface area contributed by atoms with Crippen LogP contribution in [0.15, 0.2) is 82.7 Å². The maximum Gasteiger partial charge on any atom is 0.267 e. The summed E-state index contributed by atoms with van der Waals surface area (Å²) in [5.74, 6) is 0.00397. The van der Waals surface area contributed by atoms with Crippen molar-refractivity contribution in [3.05, 3.63) is 83.3 Å². The third-order valence-electron chi connectivity index (χ3n) is 4.44. The zero-order chi connectivity index (χ0) is 19.8. The first kappa shape index (κ1) is 20.1. The Kier molecular flexibility index (Phi) is 7.23. The second kappa shape index (κ2) is 10.1. The van der Waals surface area contributed by atoms with Gasteiger partial charge in [-0.1, -0.05) is 74.5 Å². The van der Waals surface area contributed by atoms with Gasteiger partial charge < -0.3 is 0 Å². The van der Waals surface area contributed by atoms with Crippen LogP contribution in [0.25, 0.3) is 6.08 Å². The molecule has 0 aliphatic carbocycles. The molecule has 0 bridgehead atoms. The largest absolute Gasteiger partial charge is 0.286 e. The molecule has 1 fully saturated rings. The summed E-state index contributed by atoms with van der Waals surface area (Å²) in [6.45, 7) is 6.52. The van der Waals surface area contributed by atoms with Crippen molar-refractivity contribution in [2.45, 2.75) is 13.8 Å². The molecular weight excluding hydrogens is 366 g/mol. The lowest BCUT2D eigenvalue weighted by Crippen LogP contribution is -2.40. The van der Waals surface area contributed by atoms with Gasteiger partial charge in [-0.3, -0.25) is 14.6 Å². The van der Waals surface area contributed by atoms with Crippen molar-refractivity contribution in [2.75, 3.05) is 19.8 Å². The normalized spacial score (nSPS) is 17.5. The van der Waals surface area contributed by atoms with Gasteiger partial charge in [-0.05, 0) is 48.6 Å². The molecule has 0 spiro atoms. The van der Waals surface area contributed by atoms with Crippen molar-refractivity contribution in [3.63, 3.8) is 0 Å². The van der Waals surface area contributed by atoms with Crippen LogP contribution in [0.5, 0.6) is 0 Å². The number of allylic oxidation sites excluding steroid dienone is 2. The Hall–Kier alpha value is -2.63. The molecule has 0 radical (unpaired) electrons. The van der Waals surface area contributed by atoms with Crippen molar-refractivity contribution in [1.82, 2.24) is 9.80 Å². The highest BCUT2D eigenvalue weighted by atomic mass is 32.2. The maximum atomic E-state index is 13.0. The van der Waals surface area contributed by atoms with Crippen LogP contribution < -0.4 is 0 Å². The summed E-state index contributed by atoms with van der Waals surface area (Å²) in [7, 11) is 0. The molecule has 28 heavy (non-hydrogen) atoms. The summed E-state index contributed by atoms with van der Waals surface area (Å²) in [6, 6.07) is 19.8. The van der Waals surface area contributed by atoms with E-state index in [-0.39, 0.29) is 5.91 Å². The number of amidine groups is 1. The van der Waals surface area contributed by atoms with Gasteiger partial charge in [0.2, 0.25) is 0 Å². The van der Waals surface area contributed by atoms with Crippen LogP contribution in [-0.2, 0) is 4.79 Å². The molecule has 144 valence electrons. The predicted octanol–water partition coefficient (Wildman–Crippen LogP) is 5.15. The minimum absolute atomic E-state index is 0.00397. The van der Waals surface area contributed by atoms with Crippen molar-refractivity contribution in [3.8, 4) is 0 Å². The van der Waals surface area contributed by atoms with Crippen LogP contribution in [0.4, 0.5) is 5.69 Å². The standard InChI is InChI=1S/C23H25N3OS/c1-3-25(4-2)18-26-22(27)21(17-11-14-19-12-7-5-8-13-19)28-23(26)24-20-15-9-6-10-16-20/h5-17H,3-4,18H2,1-2H3/b14-11+,21-17-,24-23?. The van der Waals surface area contributed by atoms with Gasteiger partial charge in [-0.2, -0.15) is 0 Å². The number of hydrogen-bond acceptors (Lipinski definition) is 4. The van der Waals surface area contributed by atoms with E-state index < -0.39 is 0 Å². The van der Waals surface area contributed by atoms with E-state index in [1.165, 1.54) is 11.8 Å². The van der Waals surface area contributed by atoms with E-state index in [0.29, 0.717) is 11.6 Å². The first-order chi connectivity index (χ1) is 13.7. The molecule has 1 heterocycles. The molecule has 2 aromatic rings. The van der Waals surface area contributed by atoms with E-state index in [9.17, 15) is 4.79 Å². The third kappa shape index (κ3) is 5.21. The molecule has 0 unspecified atom stereocenters. The highest BCUT2D eigenvalue weighted by Crippen LogP contribution is 2.33. The second-order valence-electron chi connectivity index (χ2n) is 6.31. The Morgan fingerprint density at radius 1 is 1.00 bits per heavy atom. The predicted molar refractivity (Wildman–Crippen MR) is 119 cm³/mol. The number of benzene rings is 2. The number of thioether (sulfide) groups is 1. The molecule has 0 N–H and O–H groups in total. The number of nitrogens with zero attached hydrogens (tertiary/aromatic N) is 3. The first-order valence-electron chi connectivity index (χ1n) is 9.50. The topological polar surface area (TPSA) is 35.9 Å². The van der Waals surface area contributed by atoms with Gasteiger partial charge in [-0.15, -0.1) is 0 Å². The Bertz CT molecular complexity index is 871. The fraction of sp³-hybridized carbons (Fsp3) is 0.217. The van der Waals surface area contributed by atoms with Crippen molar-refractivity contribution >= 4 is 34.6 Å². The van der Waals surface area contributed by atoms with Gasteiger partial charge in [0.25, 0.3) is 5.91 Å². The lowest BCUT2D eigenvalue weighted by Gasteiger charge is -2.24. The van der Waals surface area contributed by atoms with Crippen LogP contribution in [0.1, 0.15) is 19.4 Å². The Morgan fingerprint density at radius 2 is 1.64 bits per heavy atom. The minimum Gasteiger partial charge on any atom is -0.286 e. The molecular formula is C23H25N3OS. The second-order valence-corrected chi connectivity index (χ2v) is 7.32. The molecule has 0 atom stereocenters. The van der Waals surface area contributed by atoms with Gasteiger partial charge in [0.1, 0.15) is 0 Å². The van der Waals surface area contributed by atoms with Crippen molar-refractivity contribution in [2.24, 2.45) is 4.99 Å². The fourth-order valence-electron chi connectivity index (χ4n) is 2.78. The van der Waals surface area contributed by atoms with E-state index in [4.69, 9.17) is 4.99 Å². The Morgan fingerprint density at radius 3 is 2.29 bits per heavy atom. The molecule has 3 rings (SSSR count). The number of aliphatic imine (C=N–C) groups is 1. The molecule has 1 saturated heterocycles. The van der Waals surface area contributed by atoms with Crippen LogP contribution in [0, 0.1) is 0 Å². The van der Waals surface area contributed by atoms with E-state index in [1.807, 2.05) is 78.9 Å². The summed E-state index contributed by atoms with van der Waals surface area (Å²) in [5, 5.41) is 0.725. The third-order valence-corrected chi connectivity index (χ3v) is 5.47. The van der Waals surface area contributed by atoms with Gasteiger partial charge in [0, 0.05) is 0 Å². The summed E-state index contributed by atoms with van der Waals surface area (Å²) >= 11 is 1.43. The summed E-state index contributed by atoms with van der Waals surface area (Å²) in [6.07, 6.45) is 5.81. The molecule has 1 aliphatic rings. The highest BCUT2D eigenvalue weighted by Gasteiger charge is 2.33. The van der Waals surface area contributed by atoms with Gasteiger partial charge in [0.05, 0.1) is 17.3 Å². The summed E-state index contributed by atoms with van der Waals surface area (Å²) in [4.78, 5) is 22.4. The van der Waals surface area contributed by atoms with E-state index in [0.717, 1.165) is 29.5 Å². The van der Waals surface area contributed by atoms with E-state index >= 15 is 0 Å². The lowest BCUT2D eigenvalue weighted by atomic mass is 10.2. The van der Waals surface area contributed by atoms with Gasteiger partial charge >= 0.3 is 0 Å².